The number of rotatable bonds is 9. The number of benzene rings is 2. The van der Waals surface area contributed by atoms with Gasteiger partial charge in [-0.05, 0) is 55.0 Å². The van der Waals surface area contributed by atoms with Crippen molar-refractivity contribution < 1.29 is 28.6 Å². The van der Waals surface area contributed by atoms with E-state index in [1.165, 1.54) is 0 Å². The van der Waals surface area contributed by atoms with E-state index in [1.54, 1.807) is 60.5 Å². The van der Waals surface area contributed by atoms with Crippen molar-refractivity contribution in [1.29, 1.82) is 0 Å². The first-order valence-corrected chi connectivity index (χ1v) is 10.1. The van der Waals surface area contributed by atoms with E-state index in [0.29, 0.717) is 23.7 Å². The van der Waals surface area contributed by atoms with Crippen molar-refractivity contribution in [3.63, 3.8) is 0 Å². The monoisotopic (exact) mass is 426 g/mol. The normalized spacial score (nSPS) is 15.5. The van der Waals surface area contributed by atoms with Gasteiger partial charge in [0, 0.05) is 24.3 Å². The lowest BCUT2D eigenvalue weighted by Gasteiger charge is -2.17. The molecule has 1 aliphatic heterocycles. The molecule has 8 nitrogen and oxygen atoms in total. The van der Waals surface area contributed by atoms with Crippen LogP contribution >= 0.6 is 0 Å². The fourth-order valence-electron chi connectivity index (χ4n) is 3.18. The molecule has 0 spiro atoms. The van der Waals surface area contributed by atoms with Gasteiger partial charge in [0.2, 0.25) is 5.91 Å². The molecule has 1 saturated heterocycles. The number of esters is 1. The number of nitrogens with zero attached hydrogens (tertiary/aromatic N) is 1. The molecule has 1 fully saturated rings. The smallest absolute Gasteiger partial charge is 0.311 e. The van der Waals surface area contributed by atoms with E-state index in [1.807, 2.05) is 6.92 Å². The van der Waals surface area contributed by atoms with Gasteiger partial charge in [-0.3, -0.25) is 14.4 Å². The van der Waals surface area contributed by atoms with Gasteiger partial charge in [0.15, 0.2) is 6.61 Å². The number of methoxy groups -OCH3 is 1. The van der Waals surface area contributed by atoms with Gasteiger partial charge in [0.25, 0.3) is 5.91 Å². The number of anilines is 2. The van der Waals surface area contributed by atoms with Crippen LogP contribution in [0.1, 0.15) is 19.8 Å². The number of carbonyl (C=O) groups is 3. The van der Waals surface area contributed by atoms with Gasteiger partial charge >= 0.3 is 5.97 Å². The van der Waals surface area contributed by atoms with Crippen LogP contribution in [-0.4, -0.2) is 44.7 Å². The molecular formula is C23H26N2O6. The van der Waals surface area contributed by atoms with Crippen molar-refractivity contribution in [1.82, 2.24) is 0 Å². The molecule has 0 aliphatic carbocycles. The first-order chi connectivity index (χ1) is 15.0. The van der Waals surface area contributed by atoms with Crippen LogP contribution in [0.15, 0.2) is 48.5 Å². The Bertz CT molecular complexity index is 911. The molecule has 31 heavy (non-hydrogen) atoms. The first kappa shape index (κ1) is 22.1. The first-order valence-electron chi connectivity index (χ1n) is 10.1. The van der Waals surface area contributed by atoms with Crippen molar-refractivity contribution in [3.8, 4) is 11.5 Å². The average Bonchev–Trinajstić information content (AvgIpc) is 3.18. The Balaban J connectivity index is 1.48. The van der Waals surface area contributed by atoms with Gasteiger partial charge < -0.3 is 24.4 Å². The average molecular weight is 426 g/mol. The molecule has 8 heteroatoms. The molecule has 0 bridgehead atoms. The van der Waals surface area contributed by atoms with E-state index in [9.17, 15) is 14.4 Å². The van der Waals surface area contributed by atoms with E-state index in [4.69, 9.17) is 14.2 Å². The van der Waals surface area contributed by atoms with Crippen molar-refractivity contribution in [2.75, 3.05) is 37.1 Å². The number of amides is 2. The highest BCUT2D eigenvalue weighted by Crippen LogP contribution is 2.27. The van der Waals surface area contributed by atoms with Crippen molar-refractivity contribution >= 4 is 29.2 Å². The van der Waals surface area contributed by atoms with Crippen LogP contribution in [-0.2, 0) is 19.1 Å². The Kier molecular flexibility index (Phi) is 7.48. The van der Waals surface area contributed by atoms with Crippen LogP contribution < -0.4 is 19.7 Å². The van der Waals surface area contributed by atoms with Gasteiger partial charge in [-0.2, -0.15) is 0 Å². The topological polar surface area (TPSA) is 94.2 Å². The quantitative estimate of drug-likeness (QED) is 0.620. The summed E-state index contributed by atoms with van der Waals surface area (Å²) in [6.07, 6.45) is 0.960. The van der Waals surface area contributed by atoms with Gasteiger partial charge in [0.05, 0.1) is 19.6 Å². The molecule has 2 amide bonds. The highest BCUT2D eigenvalue weighted by Gasteiger charge is 2.36. The van der Waals surface area contributed by atoms with Crippen LogP contribution in [0.3, 0.4) is 0 Å². The zero-order chi connectivity index (χ0) is 22.2. The highest BCUT2D eigenvalue weighted by atomic mass is 16.5. The zero-order valence-corrected chi connectivity index (χ0v) is 17.6. The van der Waals surface area contributed by atoms with E-state index in [2.05, 4.69) is 5.32 Å². The number of hydrogen-bond acceptors (Lipinski definition) is 6. The summed E-state index contributed by atoms with van der Waals surface area (Å²) >= 11 is 0. The van der Waals surface area contributed by atoms with Crippen LogP contribution in [0.2, 0.25) is 0 Å². The van der Waals surface area contributed by atoms with Crippen LogP contribution in [0.25, 0.3) is 0 Å². The minimum absolute atomic E-state index is 0.0486. The fraction of sp³-hybridized carbons (Fsp3) is 0.348. The molecule has 3 rings (SSSR count). The number of nitrogens with one attached hydrogen (secondary N) is 1. The Morgan fingerprint density at radius 3 is 2.39 bits per heavy atom. The summed E-state index contributed by atoms with van der Waals surface area (Å²) in [5.41, 5.74) is 1.26. The Morgan fingerprint density at radius 1 is 1.06 bits per heavy atom. The fourth-order valence-corrected chi connectivity index (χ4v) is 3.18. The molecule has 0 unspecified atom stereocenters. The molecule has 1 aliphatic rings. The highest BCUT2D eigenvalue weighted by molar-refractivity contribution is 6.00. The SMILES string of the molecule is CCCOc1ccc(N2C[C@H](C(=O)OCC(=O)Nc3ccc(OC)cc3)CC2=O)cc1. The molecule has 2 aromatic rings. The molecule has 0 saturated carbocycles. The Hall–Kier alpha value is -3.55. The summed E-state index contributed by atoms with van der Waals surface area (Å²) in [6, 6.07) is 14.0. The molecule has 2 aromatic carbocycles. The van der Waals surface area contributed by atoms with E-state index in [0.717, 1.165) is 12.2 Å². The predicted molar refractivity (Wildman–Crippen MR) is 115 cm³/mol. The summed E-state index contributed by atoms with van der Waals surface area (Å²) < 4.78 is 15.7. The predicted octanol–water partition coefficient (Wildman–Crippen LogP) is 3.02. The minimum atomic E-state index is -0.614. The second-order valence-corrected chi connectivity index (χ2v) is 7.13. The Labute approximate surface area is 181 Å². The molecule has 1 N–H and O–H groups in total. The second kappa shape index (κ2) is 10.5. The van der Waals surface area contributed by atoms with Crippen LogP contribution in [0.4, 0.5) is 11.4 Å². The largest absolute Gasteiger partial charge is 0.497 e. The summed E-state index contributed by atoms with van der Waals surface area (Å²) in [7, 11) is 1.55. The van der Waals surface area contributed by atoms with Crippen molar-refractivity contribution in [2.45, 2.75) is 19.8 Å². The van der Waals surface area contributed by atoms with Crippen molar-refractivity contribution in [3.05, 3.63) is 48.5 Å². The standard InChI is InChI=1S/C23H26N2O6/c1-3-12-30-20-10-6-18(7-11-20)25-14-16(13-22(25)27)23(28)31-15-21(26)24-17-4-8-19(29-2)9-5-17/h4-11,16H,3,12-15H2,1-2H3,(H,24,26)/t16-/m1/s1. The maximum absolute atomic E-state index is 12.4. The second-order valence-electron chi connectivity index (χ2n) is 7.13. The zero-order valence-electron chi connectivity index (χ0n) is 17.6. The third kappa shape index (κ3) is 5.97. The maximum Gasteiger partial charge on any atom is 0.311 e. The number of ether oxygens (including phenoxy) is 3. The molecule has 1 heterocycles. The third-order valence-corrected chi connectivity index (χ3v) is 4.80. The summed E-state index contributed by atoms with van der Waals surface area (Å²) in [5, 5.41) is 2.64. The lowest BCUT2D eigenvalue weighted by atomic mass is 10.1. The minimum Gasteiger partial charge on any atom is -0.497 e. The van der Waals surface area contributed by atoms with Crippen LogP contribution in [0.5, 0.6) is 11.5 Å². The van der Waals surface area contributed by atoms with Gasteiger partial charge in [-0.15, -0.1) is 0 Å². The Morgan fingerprint density at radius 2 is 1.74 bits per heavy atom. The van der Waals surface area contributed by atoms with Crippen LogP contribution in [0, 0.1) is 5.92 Å². The maximum atomic E-state index is 12.4. The molecule has 0 radical (unpaired) electrons. The van der Waals surface area contributed by atoms with Gasteiger partial charge in [-0.1, -0.05) is 6.92 Å². The van der Waals surface area contributed by atoms with E-state index in [-0.39, 0.29) is 18.9 Å². The summed E-state index contributed by atoms with van der Waals surface area (Å²) in [4.78, 5) is 38.3. The van der Waals surface area contributed by atoms with E-state index >= 15 is 0 Å². The molecule has 0 aromatic heterocycles. The number of carbonyl (C=O) groups excluding carboxylic acids is 3. The summed E-state index contributed by atoms with van der Waals surface area (Å²) in [5.74, 6) is -0.394. The summed E-state index contributed by atoms with van der Waals surface area (Å²) in [6.45, 7) is 2.45. The van der Waals surface area contributed by atoms with Gasteiger partial charge in [0.1, 0.15) is 11.5 Å². The van der Waals surface area contributed by atoms with Gasteiger partial charge in [-0.25, -0.2) is 0 Å². The molecule has 164 valence electrons. The van der Waals surface area contributed by atoms with E-state index < -0.39 is 24.4 Å². The molecular weight excluding hydrogens is 400 g/mol. The number of hydrogen-bond donors (Lipinski definition) is 1. The van der Waals surface area contributed by atoms with Crippen molar-refractivity contribution in [2.24, 2.45) is 5.92 Å². The lowest BCUT2D eigenvalue weighted by Crippen LogP contribution is -2.28. The third-order valence-electron chi connectivity index (χ3n) is 4.80. The molecule has 1 atom stereocenters. The lowest BCUT2D eigenvalue weighted by molar-refractivity contribution is -0.151.